The summed E-state index contributed by atoms with van der Waals surface area (Å²) in [7, 11) is 0. The lowest BCUT2D eigenvalue weighted by atomic mass is 10.0. The minimum absolute atomic E-state index is 0.0337. The van der Waals surface area contributed by atoms with E-state index in [-0.39, 0.29) is 23.0 Å². The molecule has 2 aliphatic rings. The van der Waals surface area contributed by atoms with Gasteiger partial charge in [-0.15, -0.1) is 0 Å². The van der Waals surface area contributed by atoms with Crippen LogP contribution >= 0.6 is 11.6 Å². The number of halogens is 1. The topological polar surface area (TPSA) is 75.5 Å². The summed E-state index contributed by atoms with van der Waals surface area (Å²) < 4.78 is 0. The minimum atomic E-state index is -0.489. The predicted molar refractivity (Wildman–Crippen MR) is 92.1 cm³/mol. The van der Waals surface area contributed by atoms with Crippen LogP contribution < -0.4 is 5.32 Å². The zero-order valence-corrected chi connectivity index (χ0v) is 14.3. The maximum atomic E-state index is 12.4. The summed E-state index contributed by atoms with van der Waals surface area (Å²) in [6.07, 6.45) is 4.84. The summed E-state index contributed by atoms with van der Waals surface area (Å²) in [5.74, 6) is 0.903. The number of carbonyl (C=O) groups is 1. The molecule has 1 heterocycles. The largest absolute Gasteiger partial charge is 0.342 e. The van der Waals surface area contributed by atoms with E-state index in [1.165, 1.54) is 25.0 Å². The quantitative estimate of drug-likeness (QED) is 0.631. The number of likely N-dealkylation sites (tertiary alicyclic amines) is 1. The number of carbonyl (C=O) groups excluding carboxylic acids is 1. The third-order valence-electron chi connectivity index (χ3n) is 4.83. The Morgan fingerprint density at radius 1 is 1.29 bits per heavy atom. The molecule has 0 radical (unpaired) electrons. The molecule has 1 aromatic rings. The maximum absolute atomic E-state index is 12.4. The molecule has 130 valence electrons. The van der Waals surface area contributed by atoms with Crippen molar-refractivity contribution in [2.24, 2.45) is 5.92 Å². The van der Waals surface area contributed by atoms with Gasteiger partial charge in [-0.25, -0.2) is 0 Å². The first-order valence-corrected chi connectivity index (χ1v) is 8.84. The molecule has 3 rings (SSSR count). The fraction of sp³-hybridized carbons (Fsp3) is 0.588. The van der Waals surface area contributed by atoms with Crippen molar-refractivity contribution in [3.63, 3.8) is 0 Å². The Morgan fingerprint density at radius 3 is 2.58 bits per heavy atom. The van der Waals surface area contributed by atoms with Gasteiger partial charge in [-0.05, 0) is 43.7 Å². The summed E-state index contributed by atoms with van der Waals surface area (Å²) in [5, 5.41) is 14.6. The second-order valence-corrected chi connectivity index (χ2v) is 7.12. The highest BCUT2D eigenvalue weighted by Crippen LogP contribution is 2.28. The van der Waals surface area contributed by atoms with Crippen LogP contribution in [0.5, 0.6) is 0 Å². The maximum Gasteiger partial charge on any atom is 0.270 e. The lowest BCUT2D eigenvalue weighted by Crippen LogP contribution is -2.45. The number of nitrogens with one attached hydrogen (secondary N) is 1. The van der Waals surface area contributed by atoms with Gasteiger partial charge < -0.3 is 10.2 Å². The third-order valence-corrected chi connectivity index (χ3v) is 5.18. The fourth-order valence-electron chi connectivity index (χ4n) is 3.06. The number of nitro groups is 1. The average Bonchev–Trinajstić information content (AvgIpc) is 3.39. The Kier molecular flexibility index (Phi) is 5.36. The van der Waals surface area contributed by atoms with Crippen LogP contribution in [0.2, 0.25) is 5.02 Å². The molecular formula is C17H22ClN3O3. The van der Waals surface area contributed by atoms with Gasteiger partial charge in [0.05, 0.1) is 16.4 Å². The van der Waals surface area contributed by atoms with E-state index in [0.717, 1.165) is 38.4 Å². The van der Waals surface area contributed by atoms with E-state index in [1.54, 1.807) is 6.07 Å². The van der Waals surface area contributed by atoms with Gasteiger partial charge in [0.2, 0.25) is 5.91 Å². The first kappa shape index (κ1) is 17.2. The van der Waals surface area contributed by atoms with Crippen LogP contribution in [-0.2, 0) is 11.2 Å². The van der Waals surface area contributed by atoms with Gasteiger partial charge >= 0.3 is 0 Å². The summed E-state index contributed by atoms with van der Waals surface area (Å²) in [6, 6.07) is 4.78. The van der Waals surface area contributed by atoms with Crippen LogP contribution in [0.3, 0.4) is 0 Å². The van der Waals surface area contributed by atoms with Gasteiger partial charge in [0.1, 0.15) is 0 Å². The number of nitrogens with zero attached hydrogens (tertiary/aromatic N) is 2. The molecule has 1 aromatic carbocycles. The summed E-state index contributed by atoms with van der Waals surface area (Å²) in [4.78, 5) is 24.5. The predicted octanol–water partition coefficient (Wildman–Crippen LogP) is 2.78. The number of benzene rings is 1. The third kappa shape index (κ3) is 4.45. The number of hydrogen-bond donors (Lipinski definition) is 1. The van der Waals surface area contributed by atoms with Crippen LogP contribution in [0.15, 0.2) is 18.2 Å². The molecule has 2 fully saturated rings. The Balaban J connectivity index is 1.49. The van der Waals surface area contributed by atoms with E-state index >= 15 is 0 Å². The van der Waals surface area contributed by atoms with Gasteiger partial charge in [-0.3, -0.25) is 14.9 Å². The Labute approximate surface area is 146 Å². The van der Waals surface area contributed by atoms with Gasteiger partial charge in [0.15, 0.2) is 0 Å². The molecule has 1 saturated carbocycles. The number of amides is 1. The van der Waals surface area contributed by atoms with Crippen molar-refractivity contribution in [1.82, 2.24) is 10.2 Å². The first-order chi connectivity index (χ1) is 11.5. The number of hydrogen-bond acceptors (Lipinski definition) is 4. The molecule has 1 amide bonds. The van der Waals surface area contributed by atoms with Crippen molar-refractivity contribution in [2.75, 3.05) is 19.6 Å². The molecule has 0 aromatic heterocycles. The highest BCUT2D eigenvalue weighted by molar-refractivity contribution is 6.31. The Morgan fingerprint density at radius 2 is 2.00 bits per heavy atom. The van der Waals surface area contributed by atoms with Crippen LogP contribution in [0.4, 0.5) is 5.69 Å². The van der Waals surface area contributed by atoms with E-state index in [4.69, 9.17) is 11.6 Å². The second-order valence-electron chi connectivity index (χ2n) is 6.72. The summed E-state index contributed by atoms with van der Waals surface area (Å²) in [5.41, 5.74) is 0.583. The second kappa shape index (κ2) is 7.49. The molecular weight excluding hydrogens is 330 g/mol. The Bertz CT molecular complexity index is 626. The van der Waals surface area contributed by atoms with Gasteiger partial charge in [0, 0.05) is 31.3 Å². The van der Waals surface area contributed by atoms with E-state index in [2.05, 4.69) is 5.32 Å². The van der Waals surface area contributed by atoms with Crippen molar-refractivity contribution in [3.8, 4) is 0 Å². The monoisotopic (exact) mass is 351 g/mol. The summed E-state index contributed by atoms with van der Waals surface area (Å²) >= 11 is 6.07. The first-order valence-electron chi connectivity index (χ1n) is 8.47. The van der Waals surface area contributed by atoms with E-state index in [1.807, 2.05) is 4.90 Å². The molecule has 1 N–H and O–H groups in total. The van der Waals surface area contributed by atoms with Crippen molar-refractivity contribution in [1.29, 1.82) is 0 Å². The van der Waals surface area contributed by atoms with E-state index in [9.17, 15) is 14.9 Å². The van der Waals surface area contributed by atoms with Crippen LogP contribution in [-0.4, -0.2) is 41.4 Å². The lowest BCUT2D eigenvalue weighted by molar-refractivity contribution is -0.384. The normalized spacial score (nSPS) is 18.6. The molecule has 6 nitrogen and oxygen atoms in total. The highest BCUT2D eigenvalue weighted by atomic mass is 35.5. The molecule has 0 spiro atoms. The van der Waals surface area contributed by atoms with E-state index in [0.29, 0.717) is 11.6 Å². The smallest absolute Gasteiger partial charge is 0.270 e. The molecule has 0 bridgehead atoms. The number of rotatable bonds is 6. The molecule has 7 heteroatoms. The number of piperidine rings is 1. The van der Waals surface area contributed by atoms with Crippen LogP contribution in [0.25, 0.3) is 0 Å². The van der Waals surface area contributed by atoms with Crippen molar-refractivity contribution < 1.29 is 9.72 Å². The molecule has 0 atom stereocenters. The molecule has 1 aliphatic heterocycles. The van der Waals surface area contributed by atoms with Crippen LogP contribution in [0, 0.1) is 16.0 Å². The molecule has 1 saturated heterocycles. The van der Waals surface area contributed by atoms with Gasteiger partial charge in [-0.1, -0.05) is 17.7 Å². The molecule has 0 unspecified atom stereocenters. The van der Waals surface area contributed by atoms with Gasteiger partial charge in [-0.2, -0.15) is 0 Å². The van der Waals surface area contributed by atoms with Gasteiger partial charge in [0.25, 0.3) is 5.69 Å². The molecule has 24 heavy (non-hydrogen) atoms. The standard InChI is InChI=1S/C17H22ClN3O3/c18-16-10-15(21(23)24)4-3-13(16)9-17(22)20-7-5-14(6-8-20)19-11-12-1-2-12/h3-4,10,12,14,19H,1-2,5-9,11H2. The highest BCUT2D eigenvalue weighted by Gasteiger charge is 2.26. The SMILES string of the molecule is O=C(Cc1ccc([N+](=O)[O-])cc1Cl)N1CCC(NCC2CC2)CC1. The van der Waals surface area contributed by atoms with Crippen molar-refractivity contribution in [2.45, 2.75) is 38.1 Å². The van der Waals surface area contributed by atoms with Crippen molar-refractivity contribution >= 4 is 23.2 Å². The zero-order valence-electron chi connectivity index (χ0n) is 13.5. The van der Waals surface area contributed by atoms with Crippen molar-refractivity contribution in [3.05, 3.63) is 38.9 Å². The summed E-state index contributed by atoms with van der Waals surface area (Å²) in [6.45, 7) is 2.62. The van der Waals surface area contributed by atoms with Crippen LogP contribution in [0.1, 0.15) is 31.2 Å². The minimum Gasteiger partial charge on any atom is -0.342 e. The number of nitro benzene ring substituents is 1. The number of non-ortho nitro benzene ring substituents is 1. The zero-order chi connectivity index (χ0) is 17.1. The fourth-order valence-corrected chi connectivity index (χ4v) is 3.30. The average molecular weight is 352 g/mol. The molecule has 1 aliphatic carbocycles. The lowest BCUT2D eigenvalue weighted by Gasteiger charge is -2.32. The Hall–Kier alpha value is -1.66. The van der Waals surface area contributed by atoms with E-state index < -0.39 is 4.92 Å².